The first-order valence-corrected chi connectivity index (χ1v) is 7.20. The van der Waals surface area contributed by atoms with Gasteiger partial charge in [-0.05, 0) is 12.1 Å². The fourth-order valence-corrected chi connectivity index (χ4v) is 3.20. The predicted molar refractivity (Wildman–Crippen MR) is 72.7 cm³/mol. The molecule has 0 aliphatic rings. The first-order valence-electron chi connectivity index (χ1n) is 4.85. The number of anilines is 1. The van der Waals surface area contributed by atoms with E-state index in [4.69, 9.17) is 11.6 Å². The Morgan fingerprint density at radius 2 is 2.47 bits per heavy atom. The van der Waals surface area contributed by atoms with E-state index in [1.54, 1.807) is 24.2 Å². The number of nitrogens with zero attached hydrogens (tertiary/aromatic N) is 1. The van der Waals surface area contributed by atoms with Crippen LogP contribution in [0.4, 0.5) is 5.95 Å². The Morgan fingerprint density at radius 3 is 3.12 bits per heavy atom. The second-order valence-electron chi connectivity index (χ2n) is 3.18. The highest BCUT2D eigenvalue weighted by Gasteiger charge is 2.05. The zero-order chi connectivity index (χ0) is 12.1. The molecule has 2 N–H and O–H groups in total. The van der Waals surface area contributed by atoms with Crippen molar-refractivity contribution in [1.29, 1.82) is 0 Å². The van der Waals surface area contributed by atoms with E-state index >= 15 is 0 Å². The highest BCUT2D eigenvalue weighted by molar-refractivity contribution is 7.99. The number of imidazole rings is 1. The van der Waals surface area contributed by atoms with E-state index in [0.717, 1.165) is 10.1 Å². The number of aromatic nitrogens is 2. The zero-order valence-corrected chi connectivity index (χ0v) is 11.2. The molecule has 1 amide bonds. The molecule has 0 aliphatic carbocycles. The third kappa shape index (κ3) is 4.07. The van der Waals surface area contributed by atoms with Crippen LogP contribution in [0.15, 0.2) is 24.5 Å². The Bertz CT molecular complexity index is 483. The highest BCUT2D eigenvalue weighted by atomic mass is 35.5. The van der Waals surface area contributed by atoms with Gasteiger partial charge in [0, 0.05) is 23.0 Å². The molecule has 0 unspecified atom stereocenters. The molecule has 2 heterocycles. The number of nitrogens with one attached hydrogen (secondary N) is 2. The first kappa shape index (κ1) is 12.5. The third-order valence-corrected chi connectivity index (χ3v) is 4.26. The molecule has 2 aromatic rings. The monoisotopic (exact) mass is 287 g/mol. The largest absolute Gasteiger partial charge is 0.331 e. The Morgan fingerprint density at radius 1 is 1.59 bits per heavy atom. The van der Waals surface area contributed by atoms with Crippen molar-refractivity contribution in [3.05, 3.63) is 33.7 Å². The van der Waals surface area contributed by atoms with Gasteiger partial charge in [-0.1, -0.05) is 11.6 Å². The van der Waals surface area contributed by atoms with E-state index < -0.39 is 0 Å². The van der Waals surface area contributed by atoms with Gasteiger partial charge in [-0.3, -0.25) is 10.1 Å². The minimum atomic E-state index is -0.0624. The van der Waals surface area contributed by atoms with Crippen LogP contribution in [-0.2, 0) is 10.5 Å². The molecule has 90 valence electrons. The lowest BCUT2D eigenvalue weighted by molar-refractivity contribution is -0.113. The molecule has 0 aromatic carbocycles. The van der Waals surface area contributed by atoms with Crippen LogP contribution in [0.2, 0.25) is 4.34 Å². The highest BCUT2D eigenvalue weighted by Crippen LogP contribution is 2.25. The molecular formula is C10H10ClN3OS2. The fourth-order valence-electron chi connectivity index (χ4n) is 1.18. The number of thioether (sulfide) groups is 1. The van der Waals surface area contributed by atoms with Crippen molar-refractivity contribution in [3.63, 3.8) is 0 Å². The van der Waals surface area contributed by atoms with Crippen molar-refractivity contribution in [1.82, 2.24) is 9.97 Å². The molecule has 4 nitrogen and oxygen atoms in total. The van der Waals surface area contributed by atoms with Gasteiger partial charge in [-0.25, -0.2) is 4.98 Å². The molecule has 0 saturated carbocycles. The first-order chi connectivity index (χ1) is 8.24. The quantitative estimate of drug-likeness (QED) is 0.889. The molecule has 0 spiro atoms. The smallest absolute Gasteiger partial charge is 0.236 e. The number of thiophene rings is 1. The van der Waals surface area contributed by atoms with Crippen LogP contribution in [0.1, 0.15) is 4.88 Å². The number of rotatable bonds is 5. The lowest BCUT2D eigenvalue weighted by Gasteiger charge is -2.00. The molecule has 0 radical (unpaired) electrons. The summed E-state index contributed by atoms with van der Waals surface area (Å²) in [6.45, 7) is 0. The summed E-state index contributed by atoms with van der Waals surface area (Å²) in [5, 5.41) is 2.66. The van der Waals surface area contributed by atoms with Gasteiger partial charge < -0.3 is 4.98 Å². The van der Waals surface area contributed by atoms with Crippen molar-refractivity contribution in [2.45, 2.75) is 5.75 Å². The van der Waals surface area contributed by atoms with E-state index in [9.17, 15) is 4.79 Å². The summed E-state index contributed by atoms with van der Waals surface area (Å²) in [7, 11) is 0. The van der Waals surface area contributed by atoms with Crippen LogP contribution in [0, 0.1) is 0 Å². The Hall–Kier alpha value is -0.980. The maximum Gasteiger partial charge on any atom is 0.236 e. The SMILES string of the molecule is O=C(CSCc1ccc(Cl)s1)Nc1ncc[nH]1. The number of amides is 1. The van der Waals surface area contributed by atoms with E-state index in [-0.39, 0.29) is 5.91 Å². The van der Waals surface area contributed by atoms with E-state index in [2.05, 4.69) is 15.3 Å². The van der Waals surface area contributed by atoms with Crippen molar-refractivity contribution >= 4 is 46.6 Å². The standard InChI is InChI=1S/C10H10ClN3OS2/c11-8-2-1-7(17-8)5-16-6-9(15)14-10-12-3-4-13-10/h1-4H,5-6H2,(H2,12,13,14,15). The summed E-state index contributed by atoms with van der Waals surface area (Å²) >= 11 is 8.90. The lowest BCUT2D eigenvalue weighted by Crippen LogP contribution is -2.15. The minimum absolute atomic E-state index is 0.0624. The second kappa shape index (κ2) is 6.09. The minimum Gasteiger partial charge on any atom is -0.331 e. The number of aromatic amines is 1. The molecule has 0 fully saturated rings. The summed E-state index contributed by atoms with van der Waals surface area (Å²) in [5.74, 6) is 1.61. The molecular weight excluding hydrogens is 278 g/mol. The second-order valence-corrected chi connectivity index (χ2v) is 5.97. The van der Waals surface area contributed by atoms with Crippen molar-refractivity contribution in [2.75, 3.05) is 11.1 Å². The van der Waals surface area contributed by atoms with Gasteiger partial charge in [0.05, 0.1) is 10.1 Å². The number of halogens is 1. The van der Waals surface area contributed by atoms with Gasteiger partial charge in [-0.15, -0.1) is 23.1 Å². The number of carbonyl (C=O) groups excluding carboxylic acids is 1. The summed E-state index contributed by atoms with van der Waals surface area (Å²) in [4.78, 5) is 19.4. The number of carbonyl (C=O) groups is 1. The molecule has 17 heavy (non-hydrogen) atoms. The Kier molecular flexibility index (Phi) is 4.47. The molecule has 0 bridgehead atoms. The number of H-pyrrole nitrogens is 1. The third-order valence-electron chi connectivity index (χ3n) is 1.86. The predicted octanol–water partition coefficient (Wildman–Crippen LogP) is 3.00. The molecule has 0 saturated heterocycles. The van der Waals surface area contributed by atoms with Gasteiger partial charge in [-0.2, -0.15) is 0 Å². The van der Waals surface area contributed by atoms with Crippen LogP contribution >= 0.6 is 34.7 Å². The molecule has 2 rings (SSSR count). The van der Waals surface area contributed by atoms with E-state index in [0.29, 0.717) is 11.7 Å². The molecule has 0 aliphatic heterocycles. The lowest BCUT2D eigenvalue weighted by atomic mass is 10.5. The Balaban J connectivity index is 1.70. The van der Waals surface area contributed by atoms with Gasteiger partial charge in [0.15, 0.2) is 0 Å². The van der Waals surface area contributed by atoms with E-state index in [1.807, 2.05) is 12.1 Å². The average Bonchev–Trinajstić information content (AvgIpc) is 2.90. The van der Waals surface area contributed by atoms with Gasteiger partial charge in [0.2, 0.25) is 11.9 Å². The summed E-state index contributed by atoms with van der Waals surface area (Å²) in [6, 6.07) is 3.84. The molecule has 0 atom stereocenters. The topological polar surface area (TPSA) is 57.8 Å². The fraction of sp³-hybridized carbons (Fsp3) is 0.200. The molecule has 2 aromatic heterocycles. The van der Waals surface area contributed by atoms with Crippen LogP contribution in [-0.4, -0.2) is 21.6 Å². The van der Waals surface area contributed by atoms with Crippen LogP contribution in [0.25, 0.3) is 0 Å². The summed E-state index contributed by atoms with van der Waals surface area (Å²) < 4.78 is 0.778. The summed E-state index contributed by atoms with van der Waals surface area (Å²) in [6.07, 6.45) is 3.26. The van der Waals surface area contributed by atoms with Crippen molar-refractivity contribution in [3.8, 4) is 0 Å². The van der Waals surface area contributed by atoms with Crippen LogP contribution in [0.5, 0.6) is 0 Å². The van der Waals surface area contributed by atoms with Crippen LogP contribution in [0.3, 0.4) is 0 Å². The molecule has 7 heteroatoms. The maximum atomic E-state index is 11.5. The average molecular weight is 288 g/mol. The number of hydrogen-bond donors (Lipinski definition) is 2. The summed E-state index contributed by atoms with van der Waals surface area (Å²) in [5.41, 5.74) is 0. The number of hydrogen-bond acceptors (Lipinski definition) is 4. The van der Waals surface area contributed by atoms with E-state index in [1.165, 1.54) is 16.2 Å². The maximum absolute atomic E-state index is 11.5. The van der Waals surface area contributed by atoms with Crippen molar-refractivity contribution < 1.29 is 4.79 Å². The zero-order valence-electron chi connectivity index (χ0n) is 8.77. The van der Waals surface area contributed by atoms with Gasteiger partial charge >= 0.3 is 0 Å². The van der Waals surface area contributed by atoms with Gasteiger partial charge in [0.25, 0.3) is 0 Å². The van der Waals surface area contributed by atoms with Crippen LogP contribution < -0.4 is 5.32 Å². The normalized spacial score (nSPS) is 10.4. The Labute approximate surface area is 112 Å². The van der Waals surface area contributed by atoms with Gasteiger partial charge in [0.1, 0.15) is 0 Å². The van der Waals surface area contributed by atoms with Crippen molar-refractivity contribution in [2.24, 2.45) is 0 Å².